The molecule has 0 spiro atoms. The summed E-state index contributed by atoms with van der Waals surface area (Å²) in [5.41, 5.74) is 16.5. The van der Waals surface area contributed by atoms with Crippen LogP contribution in [0.15, 0.2) is 246 Å². The van der Waals surface area contributed by atoms with Gasteiger partial charge in [0.15, 0.2) is 11.2 Å². The molecule has 4 heteroatoms. The maximum absolute atomic E-state index is 7.25. The Labute approximate surface area is 438 Å². The average molecular weight is 969 g/mol. The molecule has 0 saturated carbocycles. The van der Waals surface area contributed by atoms with Crippen LogP contribution in [0.25, 0.3) is 88.2 Å². The van der Waals surface area contributed by atoms with Crippen LogP contribution in [-0.2, 0) is 0 Å². The Bertz CT molecular complexity index is 4260. The van der Waals surface area contributed by atoms with Crippen LogP contribution in [0.3, 0.4) is 0 Å². The van der Waals surface area contributed by atoms with Crippen molar-refractivity contribution < 1.29 is 8.83 Å². The highest BCUT2D eigenvalue weighted by molar-refractivity contribution is 6.19. The molecular weight excluding hydrogens is 913 g/mol. The first-order valence-electron chi connectivity index (χ1n) is 26.4. The molecule has 0 aliphatic heterocycles. The lowest BCUT2D eigenvalue weighted by Gasteiger charge is -2.30. The van der Waals surface area contributed by atoms with Crippen LogP contribution in [0.4, 0.5) is 34.1 Å². The molecule has 0 radical (unpaired) electrons. The predicted molar refractivity (Wildman–Crippen MR) is 320 cm³/mol. The lowest BCUT2D eigenvalue weighted by atomic mass is 9.93. The SMILES string of the molecule is C=Cc1ccc(N(c2ccccc2-c2ccccc2)c2cccc3c2oc2ccccc23)c2ccc3ccc(N(c4ccccc4C4=CCC=CC=C4)c4cccc5c4oc4c(C(C)CCCC)cccc45)cc3c12. The monoisotopic (exact) mass is 968 g/mol. The molecule has 0 N–H and O–H groups in total. The van der Waals surface area contributed by atoms with E-state index in [1.807, 2.05) is 12.1 Å². The van der Waals surface area contributed by atoms with Gasteiger partial charge in [-0.05, 0) is 106 Å². The molecule has 13 rings (SSSR count). The molecule has 1 aliphatic carbocycles. The van der Waals surface area contributed by atoms with E-state index < -0.39 is 0 Å². The molecule has 12 aromatic rings. The summed E-state index contributed by atoms with van der Waals surface area (Å²) in [6.45, 7) is 9.05. The first-order valence-corrected chi connectivity index (χ1v) is 26.4. The largest absolute Gasteiger partial charge is 0.454 e. The fourth-order valence-electron chi connectivity index (χ4n) is 11.7. The number of fused-ring (bicyclic) bond motifs is 9. The van der Waals surface area contributed by atoms with Crippen molar-refractivity contribution in [3.05, 3.63) is 254 Å². The third kappa shape index (κ3) is 7.93. The van der Waals surface area contributed by atoms with Gasteiger partial charge in [0.05, 0.1) is 28.4 Å². The standard InChI is InChI=1S/C71H56N2O2/c1-4-6-23-47(3)53-31-20-32-58-59-34-22-37-65(71(59)75-69(53)58)72(62-35-17-14-28-54(62)49-24-10-7-8-11-25-49)52-43-40-51-41-44-60-64(45-42-48(5-2)68(60)61(51)46-52)73(63-36-18-15-29-55(63)50-26-12-9-13-27-50)66-38-21-33-57-56-30-16-19-39-67(56)74-70(57)66/h5,7-10,12-22,24-47H,2,4,6,11,23H2,1,3H3. The first-order chi connectivity index (χ1) is 37.1. The van der Waals surface area contributed by atoms with Crippen molar-refractivity contribution in [3.63, 3.8) is 0 Å². The van der Waals surface area contributed by atoms with Crippen molar-refractivity contribution in [2.24, 2.45) is 0 Å². The average Bonchev–Trinajstić information content (AvgIpc) is 3.97. The fraction of sp³-hybridized carbons (Fsp3) is 0.0986. The number of rotatable bonds is 13. The van der Waals surface area contributed by atoms with Crippen molar-refractivity contribution in [2.45, 2.75) is 45.4 Å². The van der Waals surface area contributed by atoms with Crippen LogP contribution in [0.5, 0.6) is 0 Å². The molecule has 10 aromatic carbocycles. The van der Waals surface area contributed by atoms with E-state index in [1.54, 1.807) is 0 Å². The minimum atomic E-state index is 0.365. The van der Waals surface area contributed by atoms with Gasteiger partial charge in [-0.25, -0.2) is 0 Å². The zero-order chi connectivity index (χ0) is 50.4. The van der Waals surface area contributed by atoms with Gasteiger partial charge < -0.3 is 18.6 Å². The molecule has 1 aliphatic rings. The van der Waals surface area contributed by atoms with Crippen LogP contribution in [0, 0.1) is 0 Å². The zero-order valence-electron chi connectivity index (χ0n) is 42.3. The maximum Gasteiger partial charge on any atom is 0.159 e. The number of allylic oxidation sites excluding steroid dienone is 6. The van der Waals surface area contributed by atoms with Gasteiger partial charge in [0.1, 0.15) is 11.2 Å². The highest BCUT2D eigenvalue weighted by Crippen LogP contribution is 2.51. The molecule has 0 saturated heterocycles. The lowest BCUT2D eigenvalue weighted by molar-refractivity contribution is 0.606. The topological polar surface area (TPSA) is 32.8 Å². The second-order valence-electron chi connectivity index (χ2n) is 19.8. The van der Waals surface area contributed by atoms with Gasteiger partial charge in [-0.15, -0.1) is 0 Å². The van der Waals surface area contributed by atoms with Gasteiger partial charge in [0.2, 0.25) is 0 Å². The number of furan rings is 2. The molecule has 4 nitrogen and oxygen atoms in total. The van der Waals surface area contributed by atoms with Gasteiger partial charge in [0, 0.05) is 43.7 Å². The van der Waals surface area contributed by atoms with Crippen LogP contribution >= 0.6 is 0 Å². The van der Waals surface area contributed by atoms with E-state index in [0.29, 0.717) is 5.92 Å². The number of para-hydroxylation sites is 6. The van der Waals surface area contributed by atoms with E-state index in [1.165, 1.54) is 17.6 Å². The van der Waals surface area contributed by atoms with E-state index in [0.717, 1.165) is 141 Å². The van der Waals surface area contributed by atoms with Crippen molar-refractivity contribution in [1.82, 2.24) is 0 Å². The maximum atomic E-state index is 7.25. The summed E-state index contributed by atoms with van der Waals surface area (Å²) in [6.07, 6.45) is 17.3. The van der Waals surface area contributed by atoms with Crippen molar-refractivity contribution in [2.75, 3.05) is 9.80 Å². The van der Waals surface area contributed by atoms with E-state index in [4.69, 9.17) is 8.83 Å². The van der Waals surface area contributed by atoms with Crippen molar-refractivity contribution in [1.29, 1.82) is 0 Å². The van der Waals surface area contributed by atoms with Crippen molar-refractivity contribution in [3.8, 4) is 11.1 Å². The molecule has 1 unspecified atom stereocenters. The van der Waals surface area contributed by atoms with Gasteiger partial charge >= 0.3 is 0 Å². The van der Waals surface area contributed by atoms with E-state index in [9.17, 15) is 0 Å². The van der Waals surface area contributed by atoms with Gasteiger partial charge in [-0.2, -0.15) is 0 Å². The zero-order valence-corrected chi connectivity index (χ0v) is 42.3. The van der Waals surface area contributed by atoms with Crippen molar-refractivity contribution >= 4 is 111 Å². The summed E-state index contributed by atoms with van der Waals surface area (Å²) in [7, 11) is 0. The third-order valence-electron chi connectivity index (χ3n) is 15.3. The minimum absolute atomic E-state index is 0.365. The number of anilines is 6. The third-order valence-corrected chi connectivity index (χ3v) is 15.3. The molecule has 0 fully saturated rings. The Hall–Kier alpha value is -9.12. The lowest BCUT2D eigenvalue weighted by Crippen LogP contribution is -2.13. The molecular formula is C71H56N2O2. The number of unbranched alkanes of at least 4 members (excludes halogenated alkanes) is 1. The summed E-state index contributed by atoms with van der Waals surface area (Å²) >= 11 is 0. The fourth-order valence-corrected chi connectivity index (χ4v) is 11.7. The normalized spacial score (nSPS) is 13.0. The Morgan fingerprint density at radius 2 is 1.19 bits per heavy atom. The molecule has 0 bridgehead atoms. The molecule has 2 heterocycles. The van der Waals surface area contributed by atoms with Crippen LogP contribution < -0.4 is 9.80 Å². The molecule has 362 valence electrons. The molecule has 0 amide bonds. The predicted octanol–water partition coefficient (Wildman–Crippen LogP) is 21.2. The van der Waals surface area contributed by atoms with E-state index in [2.05, 4.69) is 255 Å². The van der Waals surface area contributed by atoms with Gasteiger partial charge in [-0.1, -0.05) is 221 Å². The second-order valence-corrected chi connectivity index (χ2v) is 19.8. The number of hydrogen-bond acceptors (Lipinski definition) is 4. The molecule has 1 atom stereocenters. The summed E-state index contributed by atoms with van der Waals surface area (Å²) in [6, 6.07) is 72.3. The molecule has 2 aromatic heterocycles. The Morgan fingerprint density at radius 3 is 2.00 bits per heavy atom. The number of hydrogen-bond donors (Lipinski definition) is 0. The van der Waals surface area contributed by atoms with Crippen LogP contribution in [0.2, 0.25) is 0 Å². The van der Waals surface area contributed by atoms with E-state index >= 15 is 0 Å². The van der Waals surface area contributed by atoms with Gasteiger partial charge in [0.25, 0.3) is 0 Å². The highest BCUT2D eigenvalue weighted by Gasteiger charge is 2.27. The Morgan fingerprint density at radius 1 is 0.533 bits per heavy atom. The quantitative estimate of drug-likeness (QED) is 0.108. The first kappa shape index (κ1) is 45.7. The number of nitrogens with zero attached hydrogens (tertiary/aromatic N) is 2. The smallest absolute Gasteiger partial charge is 0.159 e. The summed E-state index contributed by atoms with van der Waals surface area (Å²) in [4.78, 5) is 4.83. The van der Waals surface area contributed by atoms with Crippen LogP contribution in [-0.4, -0.2) is 0 Å². The van der Waals surface area contributed by atoms with E-state index in [-0.39, 0.29) is 0 Å². The second kappa shape index (κ2) is 19.4. The highest BCUT2D eigenvalue weighted by atomic mass is 16.3. The van der Waals surface area contributed by atoms with Gasteiger partial charge in [-0.3, -0.25) is 0 Å². The Kier molecular flexibility index (Phi) is 11.8. The molecule has 75 heavy (non-hydrogen) atoms. The summed E-state index contributed by atoms with van der Waals surface area (Å²) in [5, 5.41) is 8.85. The summed E-state index contributed by atoms with van der Waals surface area (Å²) < 4.78 is 14.1. The Balaban J connectivity index is 1.08. The summed E-state index contributed by atoms with van der Waals surface area (Å²) in [5.74, 6) is 0.365. The van der Waals surface area contributed by atoms with Crippen LogP contribution in [0.1, 0.15) is 62.1 Å². The minimum Gasteiger partial charge on any atom is -0.454 e. The number of benzene rings is 10.